The third-order valence-electron chi connectivity index (χ3n) is 2.18. The Labute approximate surface area is 103 Å². The van der Waals surface area contributed by atoms with Gasteiger partial charge in [0.15, 0.2) is 0 Å². The summed E-state index contributed by atoms with van der Waals surface area (Å²) >= 11 is 4.46. The molecular weight excluding hydrogens is 294 g/mol. The molecule has 2 aromatic rings. The van der Waals surface area contributed by atoms with Crippen LogP contribution in [0.1, 0.15) is 6.42 Å². The number of benzene rings is 1. The van der Waals surface area contributed by atoms with E-state index in [2.05, 4.69) is 15.9 Å². The summed E-state index contributed by atoms with van der Waals surface area (Å²) in [5.74, 6) is -0.902. The van der Waals surface area contributed by atoms with Crippen LogP contribution in [-0.4, -0.2) is 15.6 Å². The van der Waals surface area contributed by atoms with Gasteiger partial charge in [-0.25, -0.2) is 0 Å². The molecule has 0 radical (unpaired) electrons. The number of nitrogens with zero attached hydrogens (tertiary/aromatic N) is 1. The molecular formula is C10H8BrNO3S. The number of hydrogen-bond donors (Lipinski definition) is 1. The van der Waals surface area contributed by atoms with Crippen molar-refractivity contribution in [3.63, 3.8) is 0 Å². The highest BCUT2D eigenvalue weighted by molar-refractivity contribution is 9.10. The molecule has 2 rings (SSSR count). The van der Waals surface area contributed by atoms with Gasteiger partial charge in [0.25, 0.3) is 0 Å². The lowest BCUT2D eigenvalue weighted by Crippen LogP contribution is -2.15. The Balaban J connectivity index is 2.50. The third-order valence-corrected chi connectivity index (χ3v) is 3.63. The van der Waals surface area contributed by atoms with Crippen LogP contribution >= 0.6 is 27.3 Å². The minimum absolute atomic E-state index is 0.0434. The fraction of sp³-hybridized carbons (Fsp3) is 0.200. The molecule has 0 saturated carbocycles. The molecule has 0 spiro atoms. The van der Waals surface area contributed by atoms with Crippen molar-refractivity contribution in [1.29, 1.82) is 0 Å². The SMILES string of the molecule is O=C(O)CCn1c(=O)sc2ccc(Br)cc21. The Morgan fingerprint density at radius 1 is 1.50 bits per heavy atom. The first-order valence-electron chi connectivity index (χ1n) is 4.58. The van der Waals surface area contributed by atoms with Crippen molar-refractivity contribution in [3.8, 4) is 0 Å². The number of carbonyl (C=O) groups is 1. The first-order chi connectivity index (χ1) is 7.58. The van der Waals surface area contributed by atoms with E-state index in [0.29, 0.717) is 0 Å². The van der Waals surface area contributed by atoms with Gasteiger partial charge in [-0.1, -0.05) is 27.3 Å². The molecule has 0 aliphatic carbocycles. The number of thiazole rings is 1. The number of halogens is 1. The number of aliphatic carboxylic acids is 1. The topological polar surface area (TPSA) is 59.3 Å². The third kappa shape index (κ3) is 2.17. The van der Waals surface area contributed by atoms with E-state index >= 15 is 0 Å². The highest BCUT2D eigenvalue weighted by Gasteiger charge is 2.08. The maximum Gasteiger partial charge on any atom is 0.308 e. The van der Waals surface area contributed by atoms with Crippen LogP contribution in [0.5, 0.6) is 0 Å². The summed E-state index contributed by atoms with van der Waals surface area (Å²) in [6, 6.07) is 5.54. The molecule has 1 aromatic heterocycles. The van der Waals surface area contributed by atoms with Gasteiger partial charge in [0.2, 0.25) is 0 Å². The van der Waals surface area contributed by atoms with Crippen molar-refractivity contribution in [2.75, 3.05) is 0 Å². The van der Waals surface area contributed by atoms with E-state index in [9.17, 15) is 9.59 Å². The number of hydrogen-bond acceptors (Lipinski definition) is 3. The molecule has 1 N–H and O–H groups in total. The normalized spacial score (nSPS) is 10.8. The van der Waals surface area contributed by atoms with Crippen LogP contribution in [0.15, 0.2) is 27.5 Å². The summed E-state index contributed by atoms with van der Waals surface area (Å²) in [5, 5.41) is 8.61. The molecule has 0 aliphatic heterocycles. The van der Waals surface area contributed by atoms with Crippen LogP contribution in [0.4, 0.5) is 0 Å². The Hall–Kier alpha value is -1.14. The summed E-state index contributed by atoms with van der Waals surface area (Å²) in [6.07, 6.45) is -0.0434. The molecule has 0 aliphatic rings. The molecule has 0 bridgehead atoms. The molecule has 0 atom stereocenters. The minimum atomic E-state index is -0.902. The Kier molecular flexibility index (Phi) is 3.11. The second-order valence-electron chi connectivity index (χ2n) is 3.28. The molecule has 0 amide bonds. The van der Waals surface area contributed by atoms with Crippen LogP contribution in [0.25, 0.3) is 10.2 Å². The van der Waals surface area contributed by atoms with Gasteiger partial charge in [0, 0.05) is 11.0 Å². The monoisotopic (exact) mass is 301 g/mol. The van der Waals surface area contributed by atoms with Gasteiger partial charge in [-0.05, 0) is 18.2 Å². The fourth-order valence-electron chi connectivity index (χ4n) is 1.45. The van der Waals surface area contributed by atoms with Crippen LogP contribution < -0.4 is 4.87 Å². The van der Waals surface area contributed by atoms with E-state index < -0.39 is 5.97 Å². The van der Waals surface area contributed by atoms with Gasteiger partial charge in [-0.2, -0.15) is 0 Å². The van der Waals surface area contributed by atoms with Crippen molar-refractivity contribution in [2.45, 2.75) is 13.0 Å². The average Bonchev–Trinajstić information content (AvgIpc) is 2.51. The number of aryl methyl sites for hydroxylation is 1. The van der Waals surface area contributed by atoms with Crippen LogP contribution in [-0.2, 0) is 11.3 Å². The van der Waals surface area contributed by atoms with E-state index in [1.54, 1.807) is 0 Å². The van der Waals surface area contributed by atoms with Crippen LogP contribution in [0.3, 0.4) is 0 Å². The van der Waals surface area contributed by atoms with Crippen LogP contribution in [0.2, 0.25) is 0 Å². The molecule has 0 unspecified atom stereocenters. The number of rotatable bonds is 3. The van der Waals surface area contributed by atoms with Gasteiger partial charge < -0.3 is 5.11 Å². The second kappa shape index (κ2) is 4.39. The predicted octanol–water partition coefficient (Wildman–Crippen LogP) is 2.30. The maximum absolute atomic E-state index is 11.6. The first-order valence-corrected chi connectivity index (χ1v) is 6.19. The molecule has 1 heterocycles. The average molecular weight is 302 g/mol. The van der Waals surface area contributed by atoms with Crippen molar-refractivity contribution in [2.24, 2.45) is 0 Å². The Morgan fingerprint density at radius 3 is 2.94 bits per heavy atom. The maximum atomic E-state index is 11.6. The number of aromatic nitrogens is 1. The summed E-state index contributed by atoms with van der Waals surface area (Å²) in [6.45, 7) is 0.213. The summed E-state index contributed by atoms with van der Waals surface area (Å²) in [5.41, 5.74) is 0.783. The molecule has 1 aromatic carbocycles. The zero-order chi connectivity index (χ0) is 11.7. The quantitative estimate of drug-likeness (QED) is 0.946. The van der Waals surface area contributed by atoms with E-state index in [0.717, 1.165) is 26.0 Å². The number of carboxylic acids is 1. The number of fused-ring (bicyclic) bond motifs is 1. The van der Waals surface area contributed by atoms with Crippen molar-refractivity contribution >= 4 is 43.5 Å². The molecule has 0 saturated heterocycles. The molecule has 4 nitrogen and oxygen atoms in total. The zero-order valence-electron chi connectivity index (χ0n) is 8.14. The van der Waals surface area contributed by atoms with E-state index in [1.807, 2.05) is 18.2 Å². The van der Waals surface area contributed by atoms with Gasteiger partial charge >= 0.3 is 10.8 Å². The molecule has 0 fully saturated rings. The van der Waals surface area contributed by atoms with E-state index in [-0.39, 0.29) is 17.8 Å². The molecule has 84 valence electrons. The summed E-state index contributed by atoms with van der Waals surface area (Å²) < 4.78 is 3.25. The van der Waals surface area contributed by atoms with E-state index in [1.165, 1.54) is 4.57 Å². The molecule has 16 heavy (non-hydrogen) atoms. The predicted molar refractivity (Wildman–Crippen MR) is 66.0 cm³/mol. The zero-order valence-corrected chi connectivity index (χ0v) is 10.5. The van der Waals surface area contributed by atoms with Crippen LogP contribution in [0, 0.1) is 0 Å². The fourth-order valence-corrected chi connectivity index (χ4v) is 2.70. The smallest absolute Gasteiger partial charge is 0.308 e. The summed E-state index contributed by atoms with van der Waals surface area (Å²) in [4.78, 5) is 22.0. The lowest BCUT2D eigenvalue weighted by atomic mass is 10.3. The van der Waals surface area contributed by atoms with Crippen molar-refractivity contribution in [1.82, 2.24) is 4.57 Å². The largest absolute Gasteiger partial charge is 0.481 e. The van der Waals surface area contributed by atoms with Gasteiger partial charge in [-0.15, -0.1) is 0 Å². The van der Waals surface area contributed by atoms with Gasteiger partial charge in [0.1, 0.15) is 0 Å². The highest BCUT2D eigenvalue weighted by Crippen LogP contribution is 2.21. The van der Waals surface area contributed by atoms with Gasteiger partial charge in [-0.3, -0.25) is 14.2 Å². The molecule has 6 heteroatoms. The Bertz CT molecular complexity index is 602. The van der Waals surface area contributed by atoms with Gasteiger partial charge in [0.05, 0.1) is 16.6 Å². The Morgan fingerprint density at radius 2 is 2.25 bits per heavy atom. The van der Waals surface area contributed by atoms with Crippen molar-refractivity contribution < 1.29 is 9.90 Å². The standard InChI is InChI=1S/C10H8BrNO3S/c11-6-1-2-8-7(5-6)12(10(15)16-8)4-3-9(13)14/h1-2,5H,3-4H2,(H,13,14). The lowest BCUT2D eigenvalue weighted by Gasteiger charge is -2.01. The number of carboxylic acid groups (broad SMARTS) is 1. The lowest BCUT2D eigenvalue weighted by molar-refractivity contribution is -0.137. The highest BCUT2D eigenvalue weighted by atomic mass is 79.9. The summed E-state index contributed by atoms with van der Waals surface area (Å²) in [7, 11) is 0. The second-order valence-corrected chi connectivity index (χ2v) is 5.18. The first kappa shape index (κ1) is 11.3. The minimum Gasteiger partial charge on any atom is -0.481 e. The van der Waals surface area contributed by atoms with E-state index in [4.69, 9.17) is 5.11 Å². The van der Waals surface area contributed by atoms with Crippen molar-refractivity contribution in [3.05, 3.63) is 32.3 Å².